The highest BCUT2D eigenvalue weighted by molar-refractivity contribution is 6.30. The van der Waals surface area contributed by atoms with Gasteiger partial charge in [-0.3, -0.25) is 9.48 Å². The van der Waals surface area contributed by atoms with E-state index in [1.807, 2.05) is 0 Å². The predicted molar refractivity (Wildman–Crippen MR) is 76.4 cm³/mol. The van der Waals surface area contributed by atoms with Crippen molar-refractivity contribution in [3.63, 3.8) is 0 Å². The third-order valence-corrected chi connectivity index (χ3v) is 3.51. The fourth-order valence-electron chi connectivity index (χ4n) is 2.27. The maximum Gasteiger partial charge on any atom is 0.287 e. The topological polar surface area (TPSA) is 69.3 Å². The third kappa shape index (κ3) is 3.65. The molecular weight excluding hydrogens is 294 g/mol. The molecule has 1 aliphatic heterocycles. The Morgan fingerprint density at radius 1 is 1.52 bits per heavy atom. The number of amides is 1. The second-order valence-corrected chi connectivity index (χ2v) is 5.40. The van der Waals surface area contributed by atoms with Gasteiger partial charge >= 0.3 is 0 Å². The van der Waals surface area contributed by atoms with Crippen LogP contribution in [0, 0.1) is 0 Å². The number of carbonyl (C=O) groups is 1. The van der Waals surface area contributed by atoms with E-state index >= 15 is 0 Å². The fourth-order valence-corrected chi connectivity index (χ4v) is 2.42. The molecule has 1 saturated heterocycles. The van der Waals surface area contributed by atoms with Gasteiger partial charge in [0.25, 0.3) is 5.91 Å². The molecule has 2 aromatic heterocycles. The molecule has 1 N–H and O–H groups in total. The van der Waals surface area contributed by atoms with Crippen LogP contribution in [-0.4, -0.2) is 34.9 Å². The van der Waals surface area contributed by atoms with Crippen molar-refractivity contribution in [3.8, 4) is 0 Å². The lowest BCUT2D eigenvalue weighted by atomic mass is 10.2. The maximum absolute atomic E-state index is 12.0. The van der Waals surface area contributed by atoms with Gasteiger partial charge in [-0.1, -0.05) is 11.6 Å². The Bertz CT molecular complexity index is 617. The molecule has 0 saturated carbocycles. The maximum atomic E-state index is 12.0. The van der Waals surface area contributed by atoms with Gasteiger partial charge in [0.05, 0.1) is 23.9 Å². The summed E-state index contributed by atoms with van der Waals surface area (Å²) in [6.45, 7) is 1.73. The molecule has 7 heteroatoms. The Hall–Kier alpha value is -1.79. The van der Waals surface area contributed by atoms with Crippen molar-refractivity contribution < 1.29 is 13.9 Å². The van der Waals surface area contributed by atoms with Crippen LogP contribution in [0.2, 0.25) is 5.02 Å². The van der Waals surface area contributed by atoms with Gasteiger partial charge in [0.2, 0.25) is 0 Å². The summed E-state index contributed by atoms with van der Waals surface area (Å²) in [5, 5.41) is 7.45. The average Bonchev–Trinajstić information content (AvgIpc) is 3.19. The van der Waals surface area contributed by atoms with Crippen molar-refractivity contribution in [2.75, 3.05) is 13.2 Å². The van der Waals surface area contributed by atoms with Crippen molar-refractivity contribution >= 4 is 17.5 Å². The van der Waals surface area contributed by atoms with E-state index in [0.29, 0.717) is 29.6 Å². The molecule has 1 amide bonds. The van der Waals surface area contributed by atoms with E-state index in [-0.39, 0.29) is 12.0 Å². The lowest BCUT2D eigenvalue weighted by Gasteiger charge is -2.09. The Morgan fingerprint density at radius 2 is 2.43 bits per heavy atom. The first kappa shape index (κ1) is 14.2. The average molecular weight is 310 g/mol. The highest BCUT2D eigenvalue weighted by Crippen LogP contribution is 2.13. The largest absolute Gasteiger partial charge is 0.454 e. The molecule has 1 fully saturated rings. The summed E-state index contributed by atoms with van der Waals surface area (Å²) in [6.07, 6.45) is 5.41. The Balaban J connectivity index is 1.54. The van der Waals surface area contributed by atoms with Crippen LogP contribution in [0.5, 0.6) is 0 Å². The number of aromatic nitrogens is 2. The number of nitrogens with zero attached hydrogens (tertiary/aromatic N) is 2. The first-order chi connectivity index (χ1) is 10.2. The lowest BCUT2D eigenvalue weighted by molar-refractivity contribution is 0.0833. The van der Waals surface area contributed by atoms with Crippen LogP contribution >= 0.6 is 11.6 Å². The number of nitrogens with one attached hydrogen (secondary N) is 1. The monoisotopic (exact) mass is 309 g/mol. The minimum atomic E-state index is -0.227. The van der Waals surface area contributed by atoms with Gasteiger partial charge in [-0.05, 0) is 25.0 Å². The minimum absolute atomic E-state index is 0.120. The molecule has 112 valence electrons. The summed E-state index contributed by atoms with van der Waals surface area (Å²) in [6, 6.07) is 3.42. The zero-order valence-corrected chi connectivity index (χ0v) is 12.2. The summed E-state index contributed by atoms with van der Waals surface area (Å²) in [5.41, 5.74) is 0. The predicted octanol–water partition coefficient (Wildman–Crippen LogP) is 2.09. The Labute approximate surface area is 127 Å². The zero-order valence-electron chi connectivity index (χ0n) is 11.4. The Morgan fingerprint density at radius 3 is 3.14 bits per heavy atom. The summed E-state index contributed by atoms with van der Waals surface area (Å²) in [4.78, 5) is 12.0. The molecule has 21 heavy (non-hydrogen) atoms. The number of furan rings is 1. The standard InChI is InChI=1S/C14H16ClN3O3/c15-10-6-17-18(8-10)9-12-3-4-13(21-12)14(19)16-7-11-2-1-5-20-11/h3-4,6,8,11H,1-2,5,7,9H2,(H,16,19). The molecular formula is C14H16ClN3O3. The summed E-state index contributed by atoms with van der Waals surface area (Å²) in [5.74, 6) is 0.716. The van der Waals surface area contributed by atoms with Crippen LogP contribution in [0.3, 0.4) is 0 Å². The summed E-state index contributed by atoms with van der Waals surface area (Å²) in [7, 11) is 0. The minimum Gasteiger partial charge on any atom is -0.454 e. The quantitative estimate of drug-likeness (QED) is 0.918. The van der Waals surface area contributed by atoms with Crippen molar-refractivity contribution in [2.24, 2.45) is 0 Å². The molecule has 3 rings (SSSR count). The molecule has 0 aromatic carbocycles. The SMILES string of the molecule is O=C(NCC1CCCO1)c1ccc(Cn2cc(Cl)cn2)o1. The van der Waals surface area contributed by atoms with Crippen LogP contribution in [0.15, 0.2) is 28.9 Å². The highest BCUT2D eigenvalue weighted by Gasteiger charge is 2.18. The van der Waals surface area contributed by atoms with Crippen LogP contribution in [-0.2, 0) is 11.3 Å². The number of halogens is 1. The smallest absolute Gasteiger partial charge is 0.287 e. The molecule has 2 aromatic rings. The van der Waals surface area contributed by atoms with E-state index in [1.54, 1.807) is 29.2 Å². The number of ether oxygens (including phenoxy) is 1. The summed E-state index contributed by atoms with van der Waals surface area (Å²) < 4.78 is 12.6. The normalized spacial score (nSPS) is 18.0. The molecule has 6 nitrogen and oxygen atoms in total. The van der Waals surface area contributed by atoms with Crippen molar-refractivity contribution in [1.82, 2.24) is 15.1 Å². The van der Waals surface area contributed by atoms with E-state index < -0.39 is 0 Å². The van der Waals surface area contributed by atoms with Gasteiger partial charge in [0.1, 0.15) is 5.76 Å². The van der Waals surface area contributed by atoms with E-state index in [2.05, 4.69) is 10.4 Å². The van der Waals surface area contributed by atoms with Gasteiger partial charge in [0.15, 0.2) is 5.76 Å². The van der Waals surface area contributed by atoms with E-state index in [9.17, 15) is 4.79 Å². The van der Waals surface area contributed by atoms with Crippen LogP contribution < -0.4 is 5.32 Å². The molecule has 3 heterocycles. The van der Waals surface area contributed by atoms with Crippen molar-refractivity contribution in [3.05, 3.63) is 41.1 Å². The molecule has 1 aliphatic rings. The summed E-state index contributed by atoms with van der Waals surface area (Å²) >= 11 is 5.80. The fraction of sp³-hybridized carbons (Fsp3) is 0.429. The first-order valence-corrected chi connectivity index (χ1v) is 7.25. The van der Waals surface area contributed by atoms with Crippen molar-refractivity contribution in [2.45, 2.75) is 25.5 Å². The number of hydrogen-bond donors (Lipinski definition) is 1. The van der Waals surface area contributed by atoms with Gasteiger partial charge in [-0.2, -0.15) is 5.10 Å². The molecule has 0 radical (unpaired) electrons. The highest BCUT2D eigenvalue weighted by atomic mass is 35.5. The van der Waals surface area contributed by atoms with E-state index in [0.717, 1.165) is 19.4 Å². The van der Waals surface area contributed by atoms with Gasteiger partial charge in [-0.25, -0.2) is 0 Å². The lowest BCUT2D eigenvalue weighted by Crippen LogP contribution is -2.31. The van der Waals surface area contributed by atoms with Crippen LogP contribution in [0.1, 0.15) is 29.2 Å². The molecule has 1 atom stereocenters. The van der Waals surface area contributed by atoms with Crippen molar-refractivity contribution in [1.29, 1.82) is 0 Å². The second-order valence-electron chi connectivity index (χ2n) is 4.97. The van der Waals surface area contributed by atoms with E-state index in [1.165, 1.54) is 0 Å². The van der Waals surface area contributed by atoms with E-state index in [4.69, 9.17) is 20.8 Å². The molecule has 0 bridgehead atoms. The molecule has 1 unspecified atom stereocenters. The second kappa shape index (κ2) is 6.32. The number of hydrogen-bond acceptors (Lipinski definition) is 4. The molecule has 0 aliphatic carbocycles. The first-order valence-electron chi connectivity index (χ1n) is 6.87. The van der Waals surface area contributed by atoms with Gasteiger partial charge in [-0.15, -0.1) is 0 Å². The molecule has 0 spiro atoms. The number of carbonyl (C=O) groups excluding carboxylic acids is 1. The number of rotatable bonds is 5. The van der Waals surface area contributed by atoms with Gasteiger partial charge in [0, 0.05) is 19.3 Å². The third-order valence-electron chi connectivity index (χ3n) is 3.32. The van der Waals surface area contributed by atoms with Gasteiger partial charge < -0.3 is 14.5 Å². The van der Waals surface area contributed by atoms with Crippen LogP contribution in [0.4, 0.5) is 0 Å². The van der Waals surface area contributed by atoms with Crippen LogP contribution in [0.25, 0.3) is 0 Å². The zero-order chi connectivity index (χ0) is 14.7. The Kier molecular flexibility index (Phi) is 4.26.